The number of aromatic nitrogens is 1. The van der Waals surface area contributed by atoms with E-state index in [9.17, 15) is 9.90 Å². The Bertz CT molecular complexity index is 422. The number of hydrogen-bond donors (Lipinski definition) is 2. The van der Waals surface area contributed by atoms with Crippen LogP contribution in [0.2, 0.25) is 0 Å². The number of amides is 1. The molecule has 0 spiro atoms. The first kappa shape index (κ1) is 12.0. The maximum absolute atomic E-state index is 12.2. The van der Waals surface area contributed by atoms with Crippen molar-refractivity contribution in [2.24, 2.45) is 0 Å². The van der Waals surface area contributed by atoms with Crippen LogP contribution in [-0.4, -0.2) is 53.2 Å². The second-order valence-electron chi connectivity index (χ2n) is 4.35. The number of aliphatic hydroxyl groups is 1. The molecular weight excluding hydrogens is 218 g/mol. The summed E-state index contributed by atoms with van der Waals surface area (Å²) in [5, 5.41) is 12.8. The van der Waals surface area contributed by atoms with Gasteiger partial charge in [-0.1, -0.05) is 0 Å². The van der Waals surface area contributed by atoms with Gasteiger partial charge in [-0.2, -0.15) is 0 Å². The molecule has 2 N–H and O–H groups in total. The highest BCUT2D eigenvalue weighted by molar-refractivity contribution is 5.95. The first-order chi connectivity index (χ1) is 8.11. The second-order valence-corrected chi connectivity index (χ2v) is 4.35. The van der Waals surface area contributed by atoms with Gasteiger partial charge in [0.05, 0.1) is 17.7 Å². The average Bonchev–Trinajstić information content (AvgIpc) is 2.74. The number of nitrogens with zero attached hydrogens (tertiary/aromatic N) is 2. The number of nitrogens with one attached hydrogen (secondary N) is 1. The Balaban J connectivity index is 2.17. The molecule has 1 aromatic heterocycles. The lowest BCUT2D eigenvalue weighted by molar-refractivity contribution is 0.0580. The van der Waals surface area contributed by atoms with E-state index in [1.807, 2.05) is 6.92 Å². The summed E-state index contributed by atoms with van der Waals surface area (Å²) in [7, 11) is 1.72. The third-order valence-corrected chi connectivity index (χ3v) is 3.21. The number of carbonyl (C=O) groups excluding carboxylic acids is 1. The molecule has 0 aliphatic carbocycles. The van der Waals surface area contributed by atoms with E-state index in [-0.39, 0.29) is 11.9 Å². The van der Waals surface area contributed by atoms with Crippen molar-refractivity contribution in [3.05, 3.63) is 29.6 Å². The van der Waals surface area contributed by atoms with Gasteiger partial charge in [0.1, 0.15) is 0 Å². The Kier molecular flexibility index (Phi) is 3.40. The van der Waals surface area contributed by atoms with Crippen molar-refractivity contribution in [1.82, 2.24) is 15.2 Å². The van der Waals surface area contributed by atoms with Gasteiger partial charge >= 0.3 is 0 Å². The number of β-amino-alcohol motifs (C(OH)–C–C–N with tert-alkyl or cyclic N) is 1. The third-order valence-electron chi connectivity index (χ3n) is 3.21. The minimum Gasteiger partial charge on any atom is -0.390 e. The van der Waals surface area contributed by atoms with E-state index < -0.39 is 6.10 Å². The molecule has 0 aromatic carbocycles. The molecule has 5 heteroatoms. The van der Waals surface area contributed by atoms with Crippen molar-refractivity contribution >= 4 is 5.91 Å². The van der Waals surface area contributed by atoms with Crippen LogP contribution in [0.5, 0.6) is 0 Å². The first-order valence-corrected chi connectivity index (χ1v) is 5.69. The molecule has 0 radical (unpaired) electrons. The van der Waals surface area contributed by atoms with Gasteiger partial charge in [-0.15, -0.1) is 0 Å². The molecule has 1 aliphatic heterocycles. The third kappa shape index (κ3) is 2.30. The lowest BCUT2D eigenvalue weighted by atomic mass is 10.1. The topological polar surface area (TPSA) is 65.5 Å². The van der Waals surface area contributed by atoms with Gasteiger partial charge in [-0.3, -0.25) is 9.78 Å². The number of hydrogen-bond acceptors (Lipinski definition) is 4. The number of aryl methyl sites for hydroxylation is 1. The van der Waals surface area contributed by atoms with Crippen LogP contribution in [0.25, 0.3) is 0 Å². The number of carbonyl (C=O) groups is 1. The second kappa shape index (κ2) is 4.81. The molecule has 92 valence electrons. The highest BCUT2D eigenvalue weighted by Crippen LogP contribution is 2.13. The molecular formula is C12H17N3O2. The van der Waals surface area contributed by atoms with Crippen LogP contribution < -0.4 is 5.32 Å². The van der Waals surface area contributed by atoms with Gasteiger partial charge in [-0.25, -0.2) is 0 Å². The van der Waals surface area contributed by atoms with Crippen LogP contribution in [0, 0.1) is 6.92 Å². The van der Waals surface area contributed by atoms with Crippen LogP contribution >= 0.6 is 0 Å². The fraction of sp³-hybridized carbons (Fsp3) is 0.500. The van der Waals surface area contributed by atoms with Crippen molar-refractivity contribution < 1.29 is 9.90 Å². The van der Waals surface area contributed by atoms with Crippen LogP contribution in [0.1, 0.15) is 16.1 Å². The molecule has 0 bridgehead atoms. The maximum Gasteiger partial charge on any atom is 0.255 e. The summed E-state index contributed by atoms with van der Waals surface area (Å²) in [5.74, 6) is -0.0941. The average molecular weight is 235 g/mol. The van der Waals surface area contributed by atoms with Gasteiger partial charge in [0.25, 0.3) is 5.91 Å². The van der Waals surface area contributed by atoms with E-state index in [1.54, 1.807) is 30.3 Å². The van der Waals surface area contributed by atoms with E-state index in [4.69, 9.17) is 0 Å². The normalized spacial score (nSPS) is 23.7. The van der Waals surface area contributed by atoms with Crippen LogP contribution in [0.15, 0.2) is 18.3 Å². The summed E-state index contributed by atoms with van der Waals surface area (Å²) >= 11 is 0. The predicted molar refractivity (Wildman–Crippen MR) is 63.7 cm³/mol. The zero-order chi connectivity index (χ0) is 12.4. The number of rotatable bonds is 2. The Morgan fingerprint density at radius 2 is 2.35 bits per heavy atom. The number of pyridine rings is 1. The highest BCUT2D eigenvalue weighted by atomic mass is 16.3. The molecule has 0 unspecified atom stereocenters. The fourth-order valence-electron chi connectivity index (χ4n) is 2.10. The van der Waals surface area contributed by atoms with Gasteiger partial charge in [-0.05, 0) is 19.1 Å². The lowest BCUT2D eigenvalue weighted by Crippen LogP contribution is -2.44. The highest BCUT2D eigenvalue weighted by Gasteiger charge is 2.31. The minimum atomic E-state index is -0.499. The summed E-state index contributed by atoms with van der Waals surface area (Å²) in [6.45, 7) is 2.97. The van der Waals surface area contributed by atoms with E-state index >= 15 is 0 Å². The zero-order valence-electron chi connectivity index (χ0n) is 10.1. The van der Waals surface area contributed by atoms with Crippen molar-refractivity contribution in [2.45, 2.75) is 19.1 Å². The lowest BCUT2D eigenvalue weighted by Gasteiger charge is -2.26. The molecule has 1 saturated heterocycles. The molecule has 1 amide bonds. The number of aliphatic hydroxyl groups excluding tert-OH is 1. The minimum absolute atomic E-state index is 0.0941. The molecule has 1 aliphatic rings. The smallest absolute Gasteiger partial charge is 0.255 e. The zero-order valence-corrected chi connectivity index (χ0v) is 10.1. The fourth-order valence-corrected chi connectivity index (χ4v) is 2.10. The van der Waals surface area contributed by atoms with Gasteiger partial charge in [0.15, 0.2) is 0 Å². The molecule has 1 aromatic rings. The Hall–Kier alpha value is -1.46. The van der Waals surface area contributed by atoms with Crippen molar-refractivity contribution in [3.8, 4) is 0 Å². The van der Waals surface area contributed by atoms with Crippen LogP contribution in [0.4, 0.5) is 0 Å². The standard InChI is InChI=1S/C12H17N3O2/c1-8-9(4-3-5-14-8)12(17)15(2)10-6-13-7-11(10)16/h3-5,10-11,13,16H,6-7H2,1-2H3/t10-,11-/m0/s1. The summed E-state index contributed by atoms with van der Waals surface area (Å²) in [4.78, 5) is 17.9. The summed E-state index contributed by atoms with van der Waals surface area (Å²) in [6, 6.07) is 3.34. The van der Waals surface area contributed by atoms with Gasteiger partial charge in [0.2, 0.25) is 0 Å². The van der Waals surface area contributed by atoms with E-state index in [1.165, 1.54) is 0 Å². The molecule has 5 nitrogen and oxygen atoms in total. The predicted octanol–water partition coefficient (Wildman–Crippen LogP) is -0.205. The molecule has 17 heavy (non-hydrogen) atoms. The van der Waals surface area contributed by atoms with Crippen molar-refractivity contribution in [2.75, 3.05) is 20.1 Å². The summed E-state index contributed by atoms with van der Waals surface area (Å²) in [6.07, 6.45) is 1.17. The van der Waals surface area contributed by atoms with Crippen LogP contribution in [0.3, 0.4) is 0 Å². The molecule has 0 saturated carbocycles. The Morgan fingerprint density at radius 1 is 1.59 bits per heavy atom. The van der Waals surface area contributed by atoms with Gasteiger partial charge < -0.3 is 15.3 Å². The van der Waals surface area contributed by atoms with Crippen molar-refractivity contribution in [3.63, 3.8) is 0 Å². The van der Waals surface area contributed by atoms with E-state index in [0.717, 1.165) is 0 Å². The Morgan fingerprint density at radius 3 is 2.94 bits per heavy atom. The Labute approximate surface area is 100 Å². The van der Waals surface area contributed by atoms with E-state index in [0.29, 0.717) is 24.3 Å². The van der Waals surface area contributed by atoms with Crippen molar-refractivity contribution in [1.29, 1.82) is 0 Å². The van der Waals surface area contributed by atoms with E-state index in [2.05, 4.69) is 10.3 Å². The monoisotopic (exact) mass is 235 g/mol. The first-order valence-electron chi connectivity index (χ1n) is 5.69. The quantitative estimate of drug-likeness (QED) is 0.745. The summed E-state index contributed by atoms with van der Waals surface area (Å²) < 4.78 is 0. The molecule has 1 fully saturated rings. The largest absolute Gasteiger partial charge is 0.390 e. The SMILES string of the molecule is Cc1ncccc1C(=O)N(C)[C@H]1CNC[C@@H]1O. The molecule has 2 atom stereocenters. The number of likely N-dealkylation sites (N-methyl/N-ethyl adjacent to an activating group) is 1. The maximum atomic E-state index is 12.2. The summed E-state index contributed by atoms with van der Waals surface area (Å²) in [5.41, 5.74) is 1.30. The molecule has 2 rings (SSSR count). The molecule has 2 heterocycles. The van der Waals surface area contributed by atoms with Gasteiger partial charge in [0, 0.05) is 32.0 Å². The van der Waals surface area contributed by atoms with Crippen LogP contribution in [-0.2, 0) is 0 Å².